The maximum absolute atomic E-state index is 11.8. The molecular formula is C11H8Cl2N2O2S. The van der Waals surface area contributed by atoms with E-state index in [1.165, 1.54) is 23.1 Å². The van der Waals surface area contributed by atoms with Gasteiger partial charge in [-0.1, -0.05) is 23.2 Å². The summed E-state index contributed by atoms with van der Waals surface area (Å²) in [5.41, 5.74) is 0.609. The first-order chi connectivity index (χ1) is 8.40. The van der Waals surface area contributed by atoms with Crippen molar-refractivity contribution >= 4 is 52.5 Å². The predicted octanol–water partition coefficient (Wildman–Crippen LogP) is 2.39. The first-order valence-electron chi connectivity index (χ1n) is 4.89. The largest absolute Gasteiger partial charge is 0.506 e. The molecule has 0 unspecified atom stereocenters. The van der Waals surface area contributed by atoms with E-state index in [1.54, 1.807) is 7.05 Å². The van der Waals surface area contributed by atoms with Crippen molar-refractivity contribution in [3.63, 3.8) is 0 Å². The average Bonchev–Trinajstić information content (AvgIpc) is 2.53. The Hall–Kier alpha value is -1.30. The van der Waals surface area contributed by atoms with Gasteiger partial charge in [-0.3, -0.25) is 9.69 Å². The Morgan fingerprint density at radius 1 is 1.44 bits per heavy atom. The molecule has 7 heteroatoms. The van der Waals surface area contributed by atoms with E-state index in [1.807, 2.05) is 0 Å². The van der Waals surface area contributed by atoms with Gasteiger partial charge in [0, 0.05) is 17.6 Å². The number of nitrogens with one attached hydrogen (secondary N) is 1. The highest BCUT2D eigenvalue weighted by molar-refractivity contribution is 7.80. The molecule has 4 nitrogen and oxygen atoms in total. The maximum Gasteiger partial charge on any atom is 0.276 e. The summed E-state index contributed by atoms with van der Waals surface area (Å²) in [6.07, 6.45) is 1.45. The molecule has 1 fully saturated rings. The molecule has 0 aliphatic carbocycles. The normalized spacial score (nSPS) is 17.5. The minimum Gasteiger partial charge on any atom is -0.506 e. The quantitative estimate of drug-likeness (QED) is 0.618. The van der Waals surface area contributed by atoms with Gasteiger partial charge in [0.1, 0.15) is 11.4 Å². The maximum atomic E-state index is 11.8. The van der Waals surface area contributed by atoms with Crippen LogP contribution in [0.1, 0.15) is 5.56 Å². The van der Waals surface area contributed by atoms with Gasteiger partial charge < -0.3 is 10.4 Å². The monoisotopic (exact) mass is 302 g/mol. The third-order valence-corrected chi connectivity index (χ3v) is 3.32. The summed E-state index contributed by atoms with van der Waals surface area (Å²) in [4.78, 5) is 13.1. The number of thiocarbonyl (C=S) groups is 1. The van der Waals surface area contributed by atoms with Crippen molar-refractivity contribution < 1.29 is 9.90 Å². The van der Waals surface area contributed by atoms with Crippen molar-refractivity contribution in [2.75, 3.05) is 7.05 Å². The van der Waals surface area contributed by atoms with Gasteiger partial charge in [0.25, 0.3) is 5.91 Å². The zero-order valence-corrected chi connectivity index (χ0v) is 11.5. The Morgan fingerprint density at radius 2 is 2.11 bits per heavy atom. The highest BCUT2D eigenvalue weighted by Crippen LogP contribution is 2.32. The summed E-state index contributed by atoms with van der Waals surface area (Å²) in [6, 6.07) is 2.92. The van der Waals surface area contributed by atoms with E-state index in [9.17, 15) is 9.90 Å². The van der Waals surface area contributed by atoms with Crippen LogP contribution in [0.3, 0.4) is 0 Å². The molecule has 1 aliphatic heterocycles. The molecule has 1 aromatic carbocycles. The molecule has 2 N–H and O–H groups in total. The molecule has 0 radical (unpaired) electrons. The molecule has 1 aliphatic rings. The van der Waals surface area contributed by atoms with Gasteiger partial charge in [-0.2, -0.15) is 0 Å². The number of hydrogen-bond acceptors (Lipinski definition) is 3. The van der Waals surface area contributed by atoms with Gasteiger partial charge in [-0.25, -0.2) is 0 Å². The molecule has 94 valence electrons. The van der Waals surface area contributed by atoms with Crippen molar-refractivity contribution in [1.29, 1.82) is 0 Å². The number of carbonyl (C=O) groups is 1. The molecule has 18 heavy (non-hydrogen) atoms. The van der Waals surface area contributed by atoms with Gasteiger partial charge in [0.15, 0.2) is 5.11 Å². The summed E-state index contributed by atoms with van der Waals surface area (Å²) < 4.78 is 0. The van der Waals surface area contributed by atoms with Crippen LogP contribution in [0, 0.1) is 0 Å². The number of rotatable bonds is 1. The summed E-state index contributed by atoms with van der Waals surface area (Å²) in [5, 5.41) is 13.3. The smallest absolute Gasteiger partial charge is 0.276 e. The second-order valence-corrected chi connectivity index (χ2v) is 4.91. The van der Waals surface area contributed by atoms with E-state index in [-0.39, 0.29) is 22.4 Å². The van der Waals surface area contributed by atoms with Crippen LogP contribution in [-0.4, -0.2) is 28.1 Å². The number of carbonyl (C=O) groups excluding carboxylic acids is 1. The van der Waals surface area contributed by atoms with Crippen LogP contribution >= 0.6 is 35.4 Å². The number of likely N-dealkylation sites (N-methyl/N-ethyl adjacent to an activating group) is 1. The lowest BCUT2D eigenvalue weighted by Gasteiger charge is -2.04. The SMILES string of the molecule is CN1C(=O)/C(=C/c2cc(Cl)cc(Cl)c2O)NC1=S. The minimum atomic E-state index is -0.282. The van der Waals surface area contributed by atoms with Crippen molar-refractivity contribution in [2.24, 2.45) is 0 Å². The molecule has 0 bridgehead atoms. The Labute approximate surface area is 119 Å². The Kier molecular flexibility index (Phi) is 3.47. The average molecular weight is 303 g/mol. The number of phenolic OH excluding ortho intramolecular Hbond substituents is 1. The lowest BCUT2D eigenvalue weighted by molar-refractivity contribution is -0.121. The Bertz CT molecular complexity index is 587. The highest BCUT2D eigenvalue weighted by Gasteiger charge is 2.27. The highest BCUT2D eigenvalue weighted by atomic mass is 35.5. The first kappa shape index (κ1) is 13.1. The third-order valence-electron chi connectivity index (χ3n) is 2.44. The predicted molar refractivity (Wildman–Crippen MR) is 74.6 cm³/mol. The van der Waals surface area contributed by atoms with Crippen LogP contribution in [0.25, 0.3) is 6.08 Å². The first-order valence-corrected chi connectivity index (χ1v) is 6.05. The van der Waals surface area contributed by atoms with Gasteiger partial charge in [0.2, 0.25) is 0 Å². The number of benzene rings is 1. The van der Waals surface area contributed by atoms with Crippen LogP contribution < -0.4 is 5.32 Å². The van der Waals surface area contributed by atoms with Gasteiger partial charge in [-0.05, 0) is 30.4 Å². The fraction of sp³-hybridized carbons (Fsp3) is 0.0909. The fourth-order valence-electron chi connectivity index (χ4n) is 1.47. The topological polar surface area (TPSA) is 52.6 Å². The Morgan fingerprint density at radius 3 is 2.67 bits per heavy atom. The van der Waals surface area contributed by atoms with Crippen LogP contribution in [0.2, 0.25) is 10.0 Å². The van der Waals surface area contributed by atoms with E-state index >= 15 is 0 Å². The van der Waals surface area contributed by atoms with Crippen LogP contribution in [-0.2, 0) is 4.79 Å². The van der Waals surface area contributed by atoms with E-state index in [0.717, 1.165) is 0 Å². The van der Waals surface area contributed by atoms with Crippen LogP contribution in [0.5, 0.6) is 5.75 Å². The Balaban J connectivity index is 2.46. The molecule has 1 heterocycles. The molecule has 1 saturated heterocycles. The number of aromatic hydroxyl groups is 1. The van der Waals surface area contributed by atoms with Crippen molar-refractivity contribution in [3.8, 4) is 5.75 Å². The van der Waals surface area contributed by atoms with E-state index in [2.05, 4.69) is 5.32 Å². The second kappa shape index (κ2) is 4.76. The zero-order chi connectivity index (χ0) is 13.4. The van der Waals surface area contributed by atoms with Crippen molar-refractivity contribution in [1.82, 2.24) is 10.2 Å². The van der Waals surface area contributed by atoms with Gasteiger partial charge in [0.05, 0.1) is 5.02 Å². The summed E-state index contributed by atoms with van der Waals surface area (Å²) >= 11 is 16.6. The van der Waals surface area contributed by atoms with Crippen molar-refractivity contribution in [3.05, 3.63) is 33.4 Å². The molecular weight excluding hydrogens is 295 g/mol. The number of hydrogen-bond donors (Lipinski definition) is 2. The summed E-state index contributed by atoms with van der Waals surface area (Å²) in [7, 11) is 1.56. The lowest BCUT2D eigenvalue weighted by Crippen LogP contribution is -2.25. The molecule has 0 atom stereocenters. The molecule has 0 aromatic heterocycles. The number of halogens is 2. The number of phenols is 1. The number of amides is 1. The molecule has 2 rings (SSSR count). The summed E-state index contributed by atoms with van der Waals surface area (Å²) in [5.74, 6) is -0.417. The van der Waals surface area contributed by atoms with Crippen LogP contribution in [0.15, 0.2) is 17.8 Å². The van der Waals surface area contributed by atoms with Gasteiger partial charge in [-0.15, -0.1) is 0 Å². The molecule has 0 spiro atoms. The lowest BCUT2D eigenvalue weighted by atomic mass is 10.1. The van der Waals surface area contributed by atoms with Crippen molar-refractivity contribution in [2.45, 2.75) is 0 Å². The zero-order valence-electron chi connectivity index (χ0n) is 9.20. The van der Waals surface area contributed by atoms with E-state index in [4.69, 9.17) is 35.4 Å². The standard InChI is InChI=1S/C11H8Cl2N2O2S/c1-15-10(17)8(14-11(15)18)3-5-2-6(12)4-7(13)9(5)16/h2-4,16H,1H3,(H,14,18)/b8-3-. The molecule has 1 aromatic rings. The van der Waals surface area contributed by atoms with Gasteiger partial charge >= 0.3 is 0 Å². The number of nitrogens with zero attached hydrogens (tertiary/aromatic N) is 1. The minimum absolute atomic E-state index is 0.121. The third kappa shape index (κ3) is 2.29. The second-order valence-electron chi connectivity index (χ2n) is 3.68. The summed E-state index contributed by atoms with van der Waals surface area (Å²) in [6.45, 7) is 0. The van der Waals surface area contributed by atoms with E-state index < -0.39 is 0 Å². The molecule has 1 amide bonds. The molecule has 0 saturated carbocycles. The van der Waals surface area contributed by atoms with Crippen LogP contribution in [0.4, 0.5) is 0 Å². The van der Waals surface area contributed by atoms with E-state index in [0.29, 0.717) is 15.7 Å². The fourth-order valence-corrected chi connectivity index (χ4v) is 2.18.